The van der Waals surface area contributed by atoms with E-state index in [0.717, 1.165) is 30.6 Å². The fraction of sp³-hybridized carbons (Fsp3) is 0.929. The van der Waals surface area contributed by atoms with Gasteiger partial charge in [-0.15, -0.1) is 0 Å². The third-order valence-electron chi connectivity index (χ3n) is 3.46. The van der Waals surface area contributed by atoms with Gasteiger partial charge >= 0.3 is 5.97 Å². The average Bonchev–Trinajstić information content (AvgIpc) is 2.42. The minimum absolute atomic E-state index is 0.0236. The van der Waals surface area contributed by atoms with E-state index in [1.165, 1.54) is 39.2 Å². The molecule has 1 aliphatic rings. The first-order valence-corrected chi connectivity index (χ1v) is 8.12. The van der Waals surface area contributed by atoms with Crippen LogP contribution >= 0.6 is 11.8 Å². The van der Waals surface area contributed by atoms with Gasteiger partial charge < -0.3 is 9.47 Å². The first-order valence-electron chi connectivity index (χ1n) is 6.97. The van der Waals surface area contributed by atoms with Gasteiger partial charge in [-0.1, -0.05) is 19.8 Å². The SMILES string of the molecule is COC(=O)C(C)CSCCCCC1CCOCC1. The van der Waals surface area contributed by atoms with Crippen molar-refractivity contribution in [2.75, 3.05) is 31.8 Å². The number of hydrogen-bond donors (Lipinski definition) is 0. The average molecular weight is 274 g/mol. The highest BCUT2D eigenvalue weighted by Crippen LogP contribution is 2.21. The Kier molecular flexibility index (Phi) is 8.51. The van der Waals surface area contributed by atoms with Gasteiger partial charge in [0.05, 0.1) is 13.0 Å². The summed E-state index contributed by atoms with van der Waals surface area (Å²) in [5.74, 6) is 2.85. The highest BCUT2D eigenvalue weighted by atomic mass is 32.2. The zero-order chi connectivity index (χ0) is 13.2. The summed E-state index contributed by atoms with van der Waals surface area (Å²) in [6, 6.07) is 0. The molecule has 0 aromatic rings. The summed E-state index contributed by atoms with van der Waals surface area (Å²) in [6.45, 7) is 3.84. The molecule has 4 heteroatoms. The molecule has 1 fully saturated rings. The van der Waals surface area contributed by atoms with E-state index >= 15 is 0 Å². The molecule has 1 heterocycles. The van der Waals surface area contributed by atoms with Gasteiger partial charge in [-0.25, -0.2) is 0 Å². The molecule has 0 N–H and O–H groups in total. The van der Waals surface area contributed by atoms with Crippen LogP contribution in [0.5, 0.6) is 0 Å². The number of ether oxygens (including phenoxy) is 2. The van der Waals surface area contributed by atoms with Crippen LogP contribution in [0.15, 0.2) is 0 Å². The summed E-state index contributed by atoms with van der Waals surface area (Å²) >= 11 is 1.87. The number of thioether (sulfide) groups is 1. The molecule has 0 aromatic carbocycles. The Morgan fingerprint density at radius 3 is 2.78 bits per heavy atom. The summed E-state index contributed by atoms with van der Waals surface area (Å²) < 4.78 is 10.1. The summed E-state index contributed by atoms with van der Waals surface area (Å²) in [5.41, 5.74) is 0. The normalized spacial score (nSPS) is 18.6. The number of methoxy groups -OCH3 is 1. The maximum Gasteiger partial charge on any atom is 0.309 e. The fourth-order valence-corrected chi connectivity index (χ4v) is 3.27. The smallest absolute Gasteiger partial charge is 0.309 e. The maximum atomic E-state index is 11.2. The highest BCUT2D eigenvalue weighted by Gasteiger charge is 2.14. The second-order valence-corrected chi connectivity index (χ2v) is 6.20. The van der Waals surface area contributed by atoms with Crippen LogP contribution < -0.4 is 0 Å². The third kappa shape index (κ3) is 6.64. The van der Waals surface area contributed by atoms with E-state index in [9.17, 15) is 4.79 Å². The van der Waals surface area contributed by atoms with E-state index < -0.39 is 0 Å². The van der Waals surface area contributed by atoms with Crippen molar-refractivity contribution in [3.8, 4) is 0 Å². The van der Waals surface area contributed by atoms with Gasteiger partial charge in [0, 0.05) is 19.0 Å². The Labute approximate surface area is 115 Å². The molecule has 0 aromatic heterocycles. The van der Waals surface area contributed by atoms with Crippen molar-refractivity contribution in [2.45, 2.75) is 39.0 Å². The molecule has 1 saturated heterocycles. The Bertz CT molecular complexity index is 227. The van der Waals surface area contributed by atoms with E-state index in [0.29, 0.717) is 0 Å². The fourth-order valence-electron chi connectivity index (χ4n) is 2.20. The van der Waals surface area contributed by atoms with Crippen molar-refractivity contribution in [1.29, 1.82) is 0 Å². The van der Waals surface area contributed by atoms with Crippen molar-refractivity contribution in [2.24, 2.45) is 11.8 Å². The van der Waals surface area contributed by atoms with E-state index in [4.69, 9.17) is 9.47 Å². The van der Waals surface area contributed by atoms with Crippen LogP contribution in [0, 0.1) is 11.8 Å². The Morgan fingerprint density at radius 1 is 1.39 bits per heavy atom. The van der Waals surface area contributed by atoms with Crippen molar-refractivity contribution in [3.63, 3.8) is 0 Å². The Morgan fingerprint density at radius 2 is 2.11 bits per heavy atom. The van der Waals surface area contributed by atoms with Gasteiger partial charge in [-0.05, 0) is 30.9 Å². The number of carbonyl (C=O) groups is 1. The van der Waals surface area contributed by atoms with Crippen LogP contribution in [0.3, 0.4) is 0 Å². The summed E-state index contributed by atoms with van der Waals surface area (Å²) in [4.78, 5) is 11.2. The molecule has 1 atom stereocenters. The standard InChI is InChI=1S/C14H26O3S/c1-12(14(15)16-2)11-18-10-4-3-5-13-6-8-17-9-7-13/h12-13H,3-11H2,1-2H3. The topological polar surface area (TPSA) is 35.5 Å². The lowest BCUT2D eigenvalue weighted by Crippen LogP contribution is -2.16. The molecule has 0 spiro atoms. The van der Waals surface area contributed by atoms with Gasteiger partial charge in [0.1, 0.15) is 0 Å². The first kappa shape index (κ1) is 15.8. The minimum Gasteiger partial charge on any atom is -0.469 e. The van der Waals surface area contributed by atoms with Gasteiger partial charge in [-0.3, -0.25) is 4.79 Å². The largest absolute Gasteiger partial charge is 0.469 e. The second-order valence-electron chi connectivity index (χ2n) is 5.05. The van der Waals surface area contributed by atoms with Gasteiger partial charge in [0.25, 0.3) is 0 Å². The third-order valence-corrected chi connectivity index (χ3v) is 4.78. The van der Waals surface area contributed by atoms with E-state index in [1.807, 2.05) is 18.7 Å². The summed E-state index contributed by atoms with van der Waals surface area (Å²) in [7, 11) is 1.46. The van der Waals surface area contributed by atoms with Crippen LogP contribution in [0.1, 0.15) is 39.0 Å². The lowest BCUT2D eigenvalue weighted by molar-refractivity contribution is -0.143. The van der Waals surface area contributed by atoms with Gasteiger partial charge in [0.15, 0.2) is 0 Å². The van der Waals surface area contributed by atoms with Gasteiger partial charge in [-0.2, -0.15) is 11.8 Å². The van der Waals surface area contributed by atoms with Crippen LogP contribution in [0.25, 0.3) is 0 Å². The molecule has 0 aliphatic carbocycles. The Balaban J connectivity index is 1.90. The van der Waals surface area contributed by atoms with Crippen LogP contribution in [-0.2, 0) is 14.3 Å². The van der Waals surface area contributed by atoms with E-state index in [2.05, 4.69) is 0 Å². The monoisotopic (exact) mass is 274 g/mol. The van der Waals surface area contributed by atoms with E-state index in [-0.39, 0.29) is 11.9 Å². The second kappa shape index (κ2) is 9.68. The van der Waals surface area contributed by atoms with Crippen molar-refractivity contribution < 1.29 is 14.3 Å². The molecule has 1 aliphatic heterocycles. The number of rotatable bonds is 8. The molecular formula is C14H26O3S. The molecular weight excluding hydrogens is 248 g/mol. The number of esters is 1. The van der Waals surface area contributed by atoms with Crippen LogP contribution in [0.4, 0.5) is 0 Å². The molecule has 106 valence electrons. The molecule has 18 heavy (non-hydrogen) atoms. The number of unbranched alkanes of at least 4 members (excludes halogenated alkanes) is 1. The minimum atomic E-state index is -0.0929. The lowest BCUT2D eigenvalue weighted by Gasteiger charge is -2.21. The predicted molar refractivity (Wildman–Crippen MR) is 75.9 cm³/mol. The zero-order valence-corrected chi connectivity index (χ0v) is 12.5. The van der Waals surface area contributed by atoms with Gasteiger partial charge in [0.2, 0.25) is 0 Å². The van der Waals surface area contributed by atoms with Crippen LogP contribution in [-0.4, -0.2) is 37.8 Å². The summed E-state index contributed by atoms with van der Waals surface area (Å²) in [6.07, 6.45) is 6.40. The number of carbonyl (C=O) groups excluding carboxylic acids is 1. The van der Waals surface area contributed by atoms with Crippen molar-refractivity contribution in [1.82, 2.24) is 0 Å². The Hall–Kier alpha value is -0.220. The zero-order valence-electron chi connectivity index (χ0n) is 11.7. The predicted octanol–water partition coefficient (Wildman–Crippen LogP) is 3.13. The lowest BCUT2D eigenvalue weighted by atomic mass is 9.94. The quantitative estimate of drug-likeness (QED) is 0.503. The molecule has 1 unspecified atom stereocenters. The van der Waals surface area contributed by atoms with Crippen molar-refractivity contribution >= 4 is 17.7 Å². The maximum absolute atomic E-state index is 11.2. The first-order chi connectivity index (χ1) is 8.74. The highest BCUT2D eigenvalue weighted by molar-refractivity contribution is 7.99. The van der Waals surface area contributed by atoms with Crippen molar-refractivity contribution in [3.05, 3.63) is 0 Å². The molecule has 0 bridgehead atoms. The molecule has 0 saturated carbocycles. The van der Waals surface area contributed by atoms with Crippen LogP contribution in [0.2, 0.25) is 0 Å². The number of hydrogen-bond acceptors (Lipinski definition) is 4. The summed E-state index contributed by atoms with van der Waals surface area (Å²) in [5, 5.41) is 0. The van der Waals surface area contributed by atoms with E-state index in [1.54, 1.807) is 0 Å². The molecule has 3 nitrogen and oxygen atoms in total. The molecule has 1 rings (SSSR count). The molecule has 0 radical (unpaired) electrons. The molecule has 0 amide bonds.